The molecule has 0 unspecified atom stereocenters. The molecule has 8 rings (SSSR count). The average molecular weight is 653 g/mol. The molecule has 0 aromatic heterocycles. The van der Waals surface area contributed by atoms with Crippen LogP contribution in [-0.2, 0) is 38.9 Å². The highest BCUT2D eigenvalue weighted by Gasteiger charge is 2.37. The van der Waals surface area contributed by atoms with Gasteiger partial charge in [0.2, 0.25) is 5.75 Å². The van der Waals surface area contributed by atoms with Gasteiger partial charge in [0.25, 0.3) is 0 Å². The van der Waals surface area contributed by atoms with Crippen LogP contribution in [0.3, 0.4) is 0 Å². The monoisotopic (exact) mass is 652 g/mol. The van der Waals surface area contributed by atoms with Crippen molar-refractivity contribution in [2.24, 2.45) is 0 Å². The van der Waals surface area contributed by atoms with E-state index >= 15 is 0 Å². The second-order valence-electron chi connectivity index (χ2n) is 13.0. The number of hydrogen-bond acceptors (Lipinski definition) is 9. The summed E-state index contributed by atoms with van der Waals surface area (Å²) in [7, 11) is 9.17. The molecule has 0 saturated heterocycles. The summed E-state index contributed by atoms with van der Waals surface area (Å²) in [5.41, 5.74) is 8.08. The lowest BCUT2D eigenvalue weighted by Crippen LogP contribution is -2.35. The van der Waals surface area contributed by atoms with Crippen LogP contribution < -0.4 is 23.7 Å². The highest BCUT2D eigenvalue weighted by Crippen LogP contribution is 2.53. The van der Waals surface area contributed by atoms with Gasteiger partial charge >= 0.3 is 0 Å². The predicted octanol–water partition coefficient (Wildman–Crippen LogP) is 6.14. The van der Waals surface area contributed by atoms with Crippen molar-refractivity contribution in [3.63, 3.8) is 0 Å². The van der Waals surface area contributed by atoms with E-state index in [-0.39, 0.29) is 25.3 Å². The van der Waals surface area contributed by atoms with Gasteiger partial charge in [-0.1, -0.05) is 24.3 Å². The van der Waals surface area contributed by atoms with Gasteiger partial charge in [-0.05, 0) is 97.9 Å². The molecule has 0 radical (unpaired) electrons. The third-order valence-corrected chi connectivity index (χ3v) is 10.3. The highest BCUT2D eigenvalue weighted by atomic mass is 16.5. The van der Waals surface area contributed by atoms with Gasteiger partial charge in [0.05, 0.1) is 34.5 Å². The Morgan fingerprint density at radius 2 is 1.44 bits per heavy atom. The number of rotatable bonds is 5. The first-order valence-electron chi connectivity index (χ1n) is 16.6. The van der Waals surface area contributed by atoms with Crippen molar-refractivity contribution in [1.82, 2.24) is 9.80 Å². The summed E-state index contributed by atoms with van der Waals surface area (Å²) in [6.07, 6.45) is 3.03. The van der Waals surface area contributed by atoms with Gasteiger partial charge in [0.15, 0.2) is 23.0 Å². The molecule has 4 aliphatic rings. The predicted molar refractivity (Wildman–Crippen MR) is 183 cm³/mol. The lowest BCUT2D eigenvalue weighted by molar-refractivity contribution is 0.214. The van der Waals surface area contributed by atoms with Crippen molar-refractivity contribution in [2.75, 3.05) is 48.5 Å². The molecule has 2 N–H and O–H groups in total. The Balaban J connectivity index is 1.48. The molecule has 4 aromatic rings. The molecule has 9 nitrogen and oxygen atoms in total. The Labute approximate surface area is 282 Å². The zero-order chi connectivity index (χ0) is 33.5. The third-order valence-electron chi connectivity index (χ3n) is 10.3. The summed E-state index contributed by atoms with van der Waals surface area (Å²) in [6, 6.07) is 18.4. The zero-order valence-electron chi connectivity index (χ0n) is 28.3. The van der Waals surface area contributed by atoms with E-state index in [1.165, 1.54) is 11.1 Å². The topological polar surface area (TPSA) is 93.1 Å². The van der Waals surface area contributed by atoms with E-state index < -0.39 is 0 Å². The van der Waals surface area contributed by atoms with Gasteiger partial charge in [-0.15, -0.1) is 0 Å². The summed E-state index contributed by atoms with van der Waals surface area (Å²) >= 11 is 0. The average Bonchev–Trinajstić information content (AvgIpc) is 3.10. The Morgan fingerprint density at radius 3 is 2.15 bits per heavy atom. The first-order chi connectivity index (χ1) is 23.4. The minimum atomic E-state index is -0.184. The smallest absolute Gasteiger partial charge is 0.204 e. The van der Waals surface area contributed by atoms with E-state index in [0.29, 0.717) is 46.7 Å². The molecular weight excluding hydrogens is 608 g/mol. The minimum Gasteiger partial charge on any atom is -0.493 e. The van der Waals surface area contributed by atoms with Gasteiger partial charge in [-0.25, -0.2) is 0 Å². The SMILES string of the molecule is COc1cc2c3cc1Oc1c(OC)c(OC)c(CO)c4c1[C@H](Cc1ccc(cc1)Oc1cc(ccc1CO)C[C@@H]3N(C)CC2)N(C)CC4. The molecule has 4 aliphatic heterocycles. The number of aliphatic hydroxyl groups excluding tert-OH is 2. The Kier molecular flexibility index (Phi) is 8.96. The maximum absolute atomic E-state index is 10.7. The number of fused-ring (bicyclic) bond motifs is 2. The first-order valence-corrected chi connectivity index (χ1v) is 16.6. The standard InChI is InChI=1S/C39H44N2O7/c1-40-14-12-25-19-34(44-3)35-20-29(25)31(40)17-24-6-9-26(21-42)33(18-24)47-27-10-7-23(8-11-27)16-32-36-28(13-15-41(32)2)30(22-43)37(45-4)39(46-5)38(36)48-35/h6-11,18-20,31-32,42-43H,12-17,21-22H2,1-5H3/t31-,32-/m0/s1. The molecule has 0 amide bonds. The second-order valence-corrected chi connectivity index (χ2v) is 13.0. The molecule has 6 bridgehead atoms. The van der Waals surface area contributed by atoms with Crippen molar-refractivity contribution in [3.8, 4) is 40.2 Å². The number of benzene rings is 4. The fourth-order valence-electron chi connectivity index (χ4n) is 7.70. The van der Waals surface area contributed by atoms with Crippen LogP contribution in [-0.4, -0.2) is 68.5 Å². The summed E-state index contributed by atoms with van der Waals surface area (Å²) in [5.74, 6) is 4.10. The largest absolute Gasteiger partial charge is 0.493 e. The van der Waals surface area contributed by atoms with E-state index in [2.05, 4.69) is 60.3 Å². The highest BCUT2D eigenvalue weighted by molar-refractivity contribution is 5.67. The molecule has 4 aromatic carbocycles. The van der Waals surface area contributed by atoms with E-state index in [1.807, 2.05) is 18.2 Å². The van der Waals surface area contributed by atoms with Gasteiger partial charge in [-0.2, -0.15) is 0 Å². The molecule has 2 atom stereocenters. The van der Waals surface area contributed by atoms with Crippen molar-refractivity contribution in [3.05, 3.63) is 99.1 Å². The third kappa shape index (κ3) is 5.64. The Hall–Kier alpha value is -4.28. The minimum absolute atomic E-state index is 0.0639. The van der Waals surface area contributed by atoms with Crippen molar-refractivity contribution in [1.29, 1.82) is 0 Å². The number of ether oxygens (including phenoxy) is 5. The van der Waals surface area contributed by atoms with E-state index in [4.69, 9.17) is 23.7 Å². The summed E-state index contributed by atoms with van der Waals surface area (Å²) in [6.45, 7) is 1.41. The maximum Gasteiger partial charge on any atom is 0.204 e. The lowest BCUT2D eigenvalue weighted by Gasteiger charge is -2.38. The summed E-state index contributed by atoms with van der Waals surface area (Å²) < 4.78 is 31.4. The molecule has 0 aliphatic carbocycles. The van der Waals surface area contributed by atoms with Crippen LogP contribution in [0, 0.1) is 0 Å². The normalized spacial score (nSPS) is 19.0. The Bertz CT molecular complexity index is 1820. The summed E-state index contributed by atoms with van der Waals surface area (Å²) in [5, 5.41) is 20.8. The van der Waals surface area contributed by atoms with E-state index in [0.717, 1.165) is 65.7 Å². The van der Waals surface area contributed by atoms with Crippen LogP contribution >= 0.6 is 0 Å². The van der Waals surface area contributed by atoms with Crippen LogP contribution in [0.15, 0.2) is 54.6 Å². The number of methoxy groups -OCH3 is 3. The molecule has 4 heterocycles. The van der Waals surface area contributed by atoms with Crippen molar-refractivity contribution < 1.29 is 33.9 Å². The van der Waals surface area contributed by atoms with Crippen LogP contribution in [0.2, 0.25) is 0 Å². The number of nitrogens with zero attached hydrogens (tertiary/aromatic N) is 2. The Morgan fingerprint density at radius 1 is 0.729 bits per heavy atom. The lowest BCUT2D eigenvalue weighted by atomic mass is 9.84. The molecule has 252 valence electrons. The van der Waals surface area contributed by atoms with E-state index in [1.54, 1.807) is 21.3 Å². The second kappa shape index (κ2) is 13.3. The molecular formula is C39H44N2O7. The van der Waals surface area contributed by atoms with Crippen LogP contribution in [0.1, 0.15) is 56.6 Å². The van der Waals surface area contributed by atoms with Gasteiger partial charge < -0.3 is 33.9 Å². The molecule has 0 spiro atoms. The van der Waals surface area contributed by atoms with Crippen molar-refractivity contribution in [2.45, 2.75) is 51.0 Å². The van der Waals surface area contributed by atoms with Crippen LogP contribution in [0.5, 0.6) is 40.2 Å². The zero-order valence-corrected chi connectivity index (χ0v) is 28.3. The van der Waals surface area contributed by atoms with Crippen LogP contribution in [0.4, 0.5) is 0 Å². The van der Waals surface area contributed by atoms with Gasteiger partial charge in [0.1, 0.15) is 11.5 Å². The molecule has 9 heteroatoms. The summed E-state index contributed by atoms with van der Waals surface area (Å²) in [4.78, 5) is 4.71. The molecule has 48 heavy (non-hydrogen) atoms. The number of likely N-dealkylation sites (N-methyl/N-ethyl adjacent to an activating group) is 2. The van der Waals surface area contributed by atoms with E-state index in [9.17, 15) is 10.2 Å². The van der Waals surface area contributed by atoms with Crippen molar-refractivity contribution >= 4 is 0 Å². The number of hydrogen-bond donors (Lipinski definition) is 2. The fraction of sp³-hybridized carbons (Fsp3) is 0.385. The number of aliphatic hydroxyl groups is 2. The van der Waals surface area contributed by atoms with Gasteiger partial charge in [0, 0.05) is 41.9 Å². The fourth-order valence-corrected chi connectivity index (χ4v) is 7.70. The molecule has 0 saturated carbocycles. The first kappa shape index (κ1) is 32.3. The van der Waals surface area contributed by atoms with Crippen LogP contribution in [0.25, 0.3) is 0 Å². The molecule has 0 fully saturated rings. The van der Waals surface area contributed by atoms with Gasteiger partial charge in [-0.3, -0.25) is 9.80 Å². The quantitative estimate of drug-likeness (QED) is 0.264. The maximum atomic E-state index is 10.7.